The zero-order chi connectivity index (χ0) is 13.7. The third-order valence-electron chi connectivity index (χ3n) is 3.23. The van der Waals surface area contributed by atoms with Gasteiger partial charge in [-0.15, -0.1) is 0 Å². The zero-order valence-electron chi connectivity index (χ0n) is 11.7. The van der Waals surface area contributed by atoms with Crippen LogP contribution in [0, 0.1) is 0 Å². The van der Waals surface area contributed by atoms with Crippen molar-refractivity contribution in [3.05, 3.63) is 35.9 Å². The maximum absolute atomic E-state index is 12.3. The topological polar surface area (TPSA) is 35.9 Å². The van der Waals surface area contributed by atoms with Gasteiger partial charge in [-0.1, -0.05) is 30.3 Å². The number of piperidine rings is 1. The van der Waals surface area contributed by atoms with Crippen LogP contribution in [0.15, 0.2) is 35.4 Å². The van der Waals surface area contributed by atoms with E-state index in [1.165, 1.54) is 6.42 Å². The summed E-state index contributed by atoms with van der Waals surface area (Å²) in [7, 11) is 3.52. The van der Waals surface area contributed by atoms with Gasteiger partial charge in [-0.2, -0.15) is 5.10 Å². The molecule has 102 valence electrons. The average molecular weight is 259 g/mol. The van der Waals surface area contributed by atoms with Gasteiger partial charge in [0.25, 0.3) is 5.91 Å². The van der Waals surface area contributed by atoms with Crippen molar-refractivity contribution in [2.45, 2.75) is 19.3 Å². The number of hydrogen-bond donors (Lipinski definition) is 0. The molecule has 1 aliphatic rings. The molecule has 0 aliphatic carbocycles. The van der Waals surface area contributed by atoms with Gasteiger partial charge in [-0.3, -0.25) is 9.80 Å². The molecule has 4 heteroatoms. The summed E-state index contributed by atoms with van der Waals surface area (Å²) in [5, 5.41) is 6.61. The van der Waals surface area contributed by atoms with Crippen LogP contribution in [0.3, 0.4) is 0 Å². The third-order valence-corrected chi connectivity index (χ3v) is 3.23. The van der Waals surface area contributed by atoms with Gasteiger partial charge in [0.05, 0.1) is 0 Å². The molecule has 1 heterocycles. The number of likely N-dealkylation sites (N-methyl/N-ethyl adjacent to an activating group) is 1. The fourth-order valence-electron chi connectivity index (χ4n) is 2.15. The van der Waals surface area contributed by atoms with E-state index in [1.54, 1.807) is 19.0 Å². The van der Waals surface area contributed by atoms with Crippen LogP contribution in [0.4, 0.5) is 0 Å². The third kappa shape index (κ3) is 3.56. The van der Waals surface area contributed by atoms with Crippen molar-refractivity contribution >= 4 is 11.6 Å². The Kier molecular flexibility index (Phi) is 4.55. The minimum Gasteiger partial charge on any atom is -0.343 e. The molecule has 1 aliphatic heterocycles. The standard InChI is InChI=1S/C15H21N3O/c1-17(2)15(19)14(13-9-5-3-6-10-13)16-18-11-7-4-8-12-18/h3,5-6,9-10H,4,7-8,11-12H2,1-2H3/b16-14+. The molecule has 1 saturated heterocycles. The van der Waals surface area contributed by atoms with Gasteiger partial charge < -0.3 is 4.90 Å². The smallest absolute Gasteiger partial charge is 0.274 e. The first-order valence-electron chi connectivity index (χ1n) is 6.79. The lowest BCUT2D eigenvalue weighted by Crippen LogP contribution is -2.34. The maximum atomic E-state index is 12.3. The molecule has 0 spiro atoms. The van der Waals surface area contributed by atoms with Gasteiger partial charge in [-0.05, 0) is 19.3 Å². The van der Waals surface area contributed by atoms with E-state index in [2.05, 4.69) is 5.10 Å². The first-order chi connectivity index (χ1) is 9.18. The van der Waals surface area contributed by atoms with Crippen LogP contribution < -0.4 is 0 Å². The minimum atomic E-state index is -0.0447. The highest BCUT2D eigenvalue weighted by Gasteiger charge is 2.18. The zero-order valence-corrected chi connectivity index (χ0v) is 11.7. The van der Waals surface area contributed by atoms with Gasteiger partial charge in [0, 0.05) is 32.7 Å². The van der Waals surface area contributed by atoms with E-state index in [0.29, 0.717) is 5.71 Å². The molecular formula is C15H21N3O. The SMILES string of the molecule is CN(C)C(=O)/C(=N/N1CCCCC1)c1ccccc1. The van der Waals surface area contributed by atoms with Gasteiger partial charge in [0.1, 0.15) is 0 Å². The molecule has 0 bridgehead atoms. The molecule has 1 fully saturated rings. The lowest BCUT2D eigenvalue weighted by atomic mass is 10.1. The summed E-state index contributed by atoms with van der Waals surface area (Å²) < 4.78 is 0. The summed E-state index contributed by atoms with van der Waals surface area (Å²) in [5.41, 5.74) is 1.42. The Hall–Kier alpha value is -1.84. The number of amides is 1. The van der Waals surface area contributed by atoms with E-state index >= 15 is 0 Å². The molecular weight excluding hydrogens is 238 g/mol. The average Bonchev–Trinajstić information content (AvgIpc) is 2.46. The van der Waals surface area contributed by atoms with E-state index < -0.39 is 0 Å². The summed E-state index contributed by atoms with van der Waals surface area (Å²) in [6, 6.07) is 9.69. The van der Waals surface area contributed by atoms with E-state index in [1.807, 2.05) is 35.3 Å². The number of carbonyl (C=O) groups excluding carboxylic acids is 1. The van der Waals surface area contributed by atoms with Crippen molar-refractivity contribution in [3.63, 3.8) is 0 Å². The summed E-state index contributed by atoms with van der Waals surface area (Å²) in [6.07, 6.45) is 3.57. The van der Waals surface area contributed by atoms with Crippen LogP contribution in [0.1, 0.15) is 24.8 Å². The molecule has 0 radical (unpaired) electrons. The van der Waals surface area contributed by atoms with Crippen LogP contribution in [0.25, 0.3) is 0 Å². The summed E-state index contributed by atoms with van der Waals surface area (Å²) >= 11 is 0. The van der Waals surface area contributed by atoms with Crippen LogP contribution >= 0.6 is 0 Å². The predicted octanol–water partition coefficient (Wildman–Crippen LogP) is 1.96. The minimum absolute atomic E-state index is 0.0447. The second-order valence-corrected chi connectivity index (χ2v) is 5.03. The Labute approximate surface area is 114 Å². The van der Waals surface area contributed by atoms with Crippen molar-refractivity contribution in [1.29, 1.82) is 0 Å². The van der Waals surface area contributed by atoms with Crippen LogP contribution in [0.2, 0.25) is 0 Å². The Bertz CT molecular complexity index is 448. The largest absolute Gasteiger partial charge is 0.343 e. The van der Waals surface area contributed by atoms with Crippen LogP contribution in [0.5, 0.6) is 0 Å². The van der Waals surface area contributed by atoms with E-state index in [-0.39, 0.29) is 5.91 Å². The molecule has 0 unspecified atom stereocenters. The van der Waals surface area contributed by atoms with Crippen LogP contribution in [-0.2, 0) is 4.79 Å². The number of rotatable bonds is 3. The summed E-state index contributed by atoms with van der Waals surface area (Å²) in [6.45, 7) is 1.88. The quantitative estimate of drug-likeness (QED) is 0.778. The number of benzene rings is 1. The van der Waals surface area contributed by atoms with Crippen molar-refractivity contribution in [3.8, 4) is 0 Å². The van der Waals surface area contributed by atoms with E-state index in [9.17, 15) is 4.79 Å². The lowest BCUT2D eigenvalue weighted by Gasteiger charge is -2.25. The molecule has 1 aromatic rings. The predicted molar refractivity (Wildman–Crippen MR) is 77.1 cm³/mol. The lowest BCUT2D eigenvalue weighted by molar-refractivity contribution is -0.121. The second-order valence-electron chi connectivity index (χ2n) is 5.03. The summed E-state index contributed by atoms with van der Waals surface area (Å²) in [5.74, 6) is -0.0447. The normalized spacial score (nSPS) is 16.3. The van der Waals surface area contributed by atoms with Gasteiger partial charge in [0.2, 0.25) is 0 Å². The maximum Gasteiger partial charge on any atom is 0.274 e. The molecule has 0 saturated carbocycles. The Morgan fingerprint density at radius 2 is 1.74 bits per heavy atom. The van der Waals surface area contributed by atoms with Crippen molar-refractivity contribution in [2.75, 3.05) is 27.2 Å². The summed E-state index contributed by atoms with van der Waals surface area (Å²) in [4.78, 5) is 13.9. The van der Waals surface area contributed by atoms with Gasteiger partial charge in [-0.25, -0.2) is 0 Å². The van der Waals surface area contributed by atoms with Gasteiger partial charge in [0.15, 0.2) is 5.71 Å². The van der Waals surface area contributed by atoms with E-state index in [0.717, 1.165) is 31.5 Å². The van der Waals surface area contributed by atoms with Crippen LogP contribution in [-0.4, -0.2) is 48.7 Å². The Morgan fingerprint density at radius 1 is 1.11 bits per heavy atom. The number of hydrogen-bond acceptors (Lipinski definition) is 3. The molecule has 0 N–H and O–H groups in total. The number of hydrazone groups is 1. The molecule has 1 aromatic carbocycles. The molecule has 4 nitrogen and oxygen atoms in total. The number of nitrogens with zero attached hydrogens (tertiary/aromatic N) is 3. The molecule has 2 rings (SSSR count). The first-order valence-corrected chi connectivity index (χ1v) is 6.79. The molecule has 19 heavy (non-hydrogen) atoms. The monoisotopic (exact) mass is 259 g/mol. The number of carbonyl (C=O) groups is 1. The highest BCUT2D eigenvalue weighted by Crippen LogP contribution is 2.11. The fourth-order valence-corrected chi connectivity index (χ4v) is 2.15. The molecule has 1 amide bonds. The second kappa shape index (κ2) is 6.36. The van der Waals surface area contributed by atoms with Crippen molar-refractivity contribution in [1.82, 2.24) is 9.91 Å². The first kappa shape index (κ1) is 13.6. The van der Waals surface area contributed by atoms with Gasteiger partial charge >= 0.3 is 0 Å². The molecule has 0 aromatic heterocycles. The molecule has 0 atom stereocenters. The van der Waals surface area contributed by atoms with E-state index in [4.69, 9.17) is 0 Å². The van der Waals surface area contributed by atoms with Crippen molar-refractivity contribution in [2.24, 2.45) is 5.10 Å². The highest BCUT2D eigenvalue weighted by molar-refractivity contribution is 6.45. The van der Waals surface area contributed by atoms with Crippen molar-refractivity contribution < 1.29 is 4.79 Å². The Morgan fingerprint density at radius 3 is 2.32 bits per heavy atom. The highest BCUT2D eigenvalue weighted by atomic mass is 16.2. The Balaban J connectivity index is 2.28. The fraction of sp³-hybridized carbons (Fsp3) is 0.467.